The monoisotopic (exact) mass is 330 g/mol. The zero-order valence-corrected chi connectivity index (χ0v) is 14.9. The smallest absolute Gasteiger partial charge is 0.115 e. The average Bonchev–Trinajstić information content (AvgIpc) is 3.10. The summed E-state index contributed by atoms with van der Waals surface area (Å²) >= 11 is 0. The molecular formula is C24H26O. The van der Waals surface area contributed by atoms with E-state index < -0.39 is 0 Å². The summed E-state index contributed by atoms with van der Waals surface area (Å²) in [5.41, 5.74) is 2.88. The van der Waals surface area contributed by atoms with Gasteiger partial charge in [-0.05, 0) is 77.5 Å². The summed E-state index contributed by atoms with van der Waals surface area (Å²) in [6.07, 6.45) is 5.14. The molecule has 0 heterocycles. The molecule has 0 aromatic heterocycles. The lowest BCUT2D eigenvalue weighted by atomic mass is 9.86. The first-order chi connectivity index (χ1) is 12.2. The quantitative estimate of drug-likeness (QED) is 0.569. The minimum Gasteiger partial charge on any atom is -0.508 e. The highest BCUT2D eigenvalue weighted by molar-refractivity contribution is 5.86. The van der Waals surface area contributed by atoms with Crippen molar-refractivity contribution in [2.45, 2.75) is 44.4 Å². The van der Waals surface area contributed by atoms with Crippen LogP contribution in [-0.4, -0.2) is 5.11 Å². The van der Waals surface area contributed by atoms with Crippen LogP contribution in [-0.2, 0) is 0 Å². The van der Waals surface area contributed by atoms with Crippen molar-refractivity contribution in [3.8, 4) is 5.75 Å². The van der Waals surface area contributed by atoms with Crippen molar-refractivity contribution >= 4 is 10.8 Å². The molecule has 0 unspecified atom stereocenters. The molecule has 0 amide bonds. The van der Waals surface area contributed by atoms with Crippen molar-refractivity contribution in [2.75, 3.05) is 0 Å². The Hall–Kier alpha value is -2.28. The number of benzene rings is 3. The summed E-state index contributed by atoms with van der Waals surface area (Å²) in [7, 11) is 0. The Morgan fingerprint density at radius 2 is 1.68 bits per heavy atom. The Morgan fingerprint density at radius 1 is 0.920 bits per heavy atom. The van der Waals surface area contributed by atoms with Gasteiger partial charge in [-0.1, -0.05) is 61.5 Å². The van der Waals surface area contributed by atoms with Gasteiger partial charge in [0.25, 0.3) is 0 Å². The molecule has 4 rings (SSSR count). The summed E-state index contributed by atoms with van der Waals surface area (Å²) in [5, 5.41) is 12.2. The van der Waals surface area contributed by atoms with Crippen molar-refractivity contribution < 1.29 is 5.11 Å². The molecule has 128 valence electrons. The molecular weight excluding hydrogens is 304 g/mol. The van der Waals surface area contributed by atoms with Gasteiger partial charge in [-0.2, -0.15) is 0 Å². The molecule has 1 heteroatoms. The number of hydrogen-bond donors (Lipinski definition) is 1. The first-order valence-electron chi connectivity index (χ1n) is 9.47. The van der Waals surface area contributed by atoms with Gasteiger partial charge in [0.1, 0.15) is 5.75 Å². The zero-order valence-electron chi connectivity index (χ0n) is 14.9. The van der Waals surface area contributed by atoms with Gasteiger partial charge in [0.15, 0.2) is 0 Å². The third-order valence-corrected chi connectivity index (χ3v) is 5.95. The van der Waals surface area contributed by atoms with Gasteiger partial charge in [0.2, 0.25) is 0 Å². The van der Waals surface area contributed by atoms with E-state index in [4.69, 9.17) is 0 Å². The number of hydrogen-bond acceptors (Lipinski definition) is 1. The largest absolute Gasteiger partial charge is 0.508 e. The number of phenols is 1. The Balaban J connectivity index is 1.46. The summed E-state index contributed by atoms with van der Waals surface area (Å²) in [6.45, 7) is 2.38. The highest BCUT2D eigenvalue weighted by Crippen LogP contribution is 2.43. The summed E-state index contributed by atoms with van der Waals surface area (Å²) < 4.78 is 0. The van der Waals surface area contributed by atoms with Crippen LogP contribution in [0, 0.1) is 5.92 Å². The molecule has 0 aliphatic heterocycles. The van der Waals surface area contributed by atoms with Gasteiger partial charge in [0.05, 0.1) is 0 Å². The van der Waals surface area contributed by atoms with Gasteiger partial charge >= 0.3 is 0 Å². The number of rotatable bonds is 4. The van der Waals surface area contributed by atoms with Crippen LogP contribution in [0.1, 0.15) is 55.6 Å². The van der Waals surface area contributed by atoms with Crippen LogP contribution in [0.3, 0.4) is 0 Å². The molecule has 1 aliphatic carbocycles. The molecule has 1 fully saturated rings. The topological polar surface area (TPSA) is 20.2 Å². The fourth-order valence-corrected chi connectivity index (χ4v) is 4.65. The fraction of sp³-hybridized carbons (Fsp3) is 0.333. The zero-order chi connectivity index (χ0) is 17.2. The molecule has 3 aromatic rings. The second-order valence-corrected chi connectivity index (χ2v) is 7.67. The van der Waals surface area contributed by atoms with E-state index in [0.717, 1.165) is 5.92 Å². The lowest BCUT2D eigenvalue weighted by Crippen LogP contribution is -2.03. The minimum absolute atomic E-state index is 0.364. The van der Waals surface area contributed by atoms with Crippen molar-refractivity contribution in [1.29, 1.82) is 0 Å². The summed E-state index contributed by atoms with van der Waals surface area (Å²) in [4.78, 5) is 0. The second kappa shape index (κ2) is 6.92. The van der Waals surface area contributed by atoms with Gasteiger partial charge < -0.3 is 5.11 Å². The highest BCUT2D eigenvalue weighted by atomic mass is 16.3. The van der Waals surface area contributed by atoms with E-state index in [9.17, 15) is 5.11 Å². The molecule has 3 atom stereocenters. The highest BCUT2D eigenvalue weighted by Gasteiger charge is 2.27. The average molecular weight is 330 g/mol. The predicted octanol–water partition coefficient (Wildman–Crippen LogP) is 6.62. The molecule has 1 nitrogen and oxygen atoms in total. The maximum atomic E-state index is 9.48. The lowest BCUT2D eigenvalue weighted by Gasteiger charge is -2.19. The lowest BCUT2D eigenvalue weighted by molar-refractivity contribution is 0.455. The Morgan fingerprint density at radius 3 is 2.52 bits per heavy atom. The molecule has 25 heavy (non-hydrogen) atoms. The van der Waals surface area contributed by atoms with Crippen LogP contribution >= 0.6 is 0 Å². The molecule has 1 saturated carbocycles. The normalized spacial score (nSPS) is 21.5. The third kappa shape index (κ3) is 3.42. The Labute approximate surface area is 150 Å². The summed E-state index contributed by atoms with van der Waals surface area (Å²) in [6, 6.07) is 23.3. The molecule has 0 bridgehead atoms. The SMILES string of the molecule is C[C@@H](C[C@H]1CC[C@@H](c2ccc(O)cc2)C1)c1cccc2ccccc12. The van der Waals surface area contributed by atoms with Crippen LogP contribution in [0.2, 0.25) is 0 Å². The molecule has 0 spiro atoms. The van der Waals surface area contributed by atoms with E-state index >= 15 is 0 Å². The van der Waals surface area contributed by atoms with E-state index in [-0.39, 0.29) is 0 Å². The van der Waals surface area contributed by atoms with Crippen molar-refractivity contribution in [2.24, 2.45) is 5.92 Å². The van der Waals surface area contributed by atoms with Crippen molar-refractivity contribution in [3.05, 3.63) is 77.9 Å². The van der Waals surface area contributed by atoms with Crippen LogP contribution in [0.25, 0.3) is 10.8 Å². The first-order valence-corrected chi connectivity index (χ1v) is 9.47. The van der Waals surface area contributed by atoms with Gasteiger partial charge in [-0.3, -0.25) is 0 Å². The second-order valence-electron chi connectivity index (χ2n) is 7.67. The fourth-order valence-electron chi connectivity index (χ4n) is 4.65. The van der Waals surface area contributed by atoms with Gasteiger partial charge in [0, 0.05) is 0 Å². The molecule has 3 aromatic carbocycles. The predicted molar refractivity (Wildman–Crippen MR) is 105 cm³/mol. The molecule has 0 saturated heterocycles. The van der Waals surface area contributed by atoms with E-state index in [1.807, 2.05) is 12.1 Å². The summed E-state index contributed by atoms with van der Waals surface area (Å²) in [5.74, 6) is 2.41. The van der Waals surface area contributed by atoms with Gasteiger partial charge in [-0.15, -0.1) is 0 Å². The number of phenolic OH excluding ortho intramolecular Hbond substituents is 1. The molecule has 1 aliphatic rings. The standard InChI is InChI=1S/C24H26O/c1-17(23-8-4-6-20-5-2-3-7-24(20)23)15-18-9-10-21(16-18)19-11-13-22(25)14-12-19/h2-8,11-14,17-18,21,25H,9-10,15-16H2,1H3/t17-,18+,21+/m0/s1. The van der Waals surface area contributed by atoms with Crippen molar-refractivity contribution in [1.82, 2.24) is 0 Å². The Bertz CT molecular complexity index is 844. The van der Waals surface area contributed by atoms with E-state index in [0.29, 0.717) is 17.6 Å². The first kappa shape index (κ1) is 16.2. The van der Waals surface area contributed by atoms with Crippen LogP contribution in [0.15, 0.2) is 66.7 Å². The number of aromatic hydroxyl groups is 1. The maximum absolute atomic E-state index is 9.48. The maximum Gasteiger partial charge on any atom is 0.115 e. The minimum atomic E-state index is 0.364. The Kier molecular flexibility index (Phi) is 4.48. The van der Waals surface area contributed by atoms with E-state index in [2.05, 4.69) is 61.5 Å². The van der Waals surface area contributed by atoms with Gasteiger partial charge in [-0.25, -0.2) is 0 Å². The van der Waals surface area contributed by atoms with E-state index in [1.54, 1.807) is 0 Å². The number of fused-ring (bicyclic) bond motifs is 1. The van der Waals surface area contributed by atoms with Crippen LogP contribution < -0.4 is 0 Å². The third-order valence-electron chi connectivity index (χ3n) is 5.95. The van der Waals surface area contributed by atoms with Crippen molar-refractivity contribution in [3.63, 3.8) is 0 Å². The van der Waals surface area contributed by atoms with E-state index in [1.165, 1.54) is 47.6 Å². The molecule has 0 radical (unpaired) electrons. The van der Waals surface area contributed by atoms with Crippen LogP contribution in [0.5, 0.6) is 5.75 Å². The molecule has 1 N–H and O–H groups in total. The van der Waals surface area contributed by atoms with Crippen LogP contribution in [0.4, 0.5) is 0 Å².